The molecule has 1 atom stereocenters. The number of nitrogens with zero attached hydrogens (tertiary/aromatic N) is 5. The fraction of sp³-hybridized carbons (Fsp3) is 0.304. The zero-order chi connectivity index (χ0) is 21.0. The number of likely N-dealkylation sites (tertiary alicyclic amines) is 1. The Morgan fingerprint density at radius 3 is 2.60 bits per heavy atom. The maximum Gasteiger partial charge on any atom is 0.321 e. The maximum absolute atomic E-state index is 13.4. The SMILES string of the molecule is CN(C)C(=O)C1(c2ccccn2)CCCN1Cc1cccc(Oc2ncccn2)c1. The van der Waals surface area contributed by atoms with Crippen LogP contribution in [0.5, 0.6) is 11.8 Å². The Kier molecular flexibility index (Phi) is 5.72. The molecule has 3 heterocycles. The molecule has 0 radical (unpaired) electrons. The molecule has 0 spiro atoms. The van der Waals surface area contributed by atoms with Crippen LogP contribution in [0.15, 0.2) is 67.1 Å². The highest BCUT2D eigenvalue weighted by Gasteiger charge is 2.50. The molecule has 0 bridgehead atoms. The van der Waals surface area contributed by atoms with E-state index in [1.54, 1.807) is 43.7 Å². The van der Waals surface area contributed by atoms with Crippen LogP contribution in [0.2, 0.25) is 0 Å². The number of amides is 1. The Morgan fingerprint density at radius 1 is 1.07 bits per heavy atom. The second kappa shape index (κ2) is 8.59. The van der Waals surface area contributed by atoms with Gasteiger partial charge in [-0.2, -0.15) is 0 Å². The van der Waals surface area contributed by atoms with Crippen molar-refractivity contribution in [1.29, 1.82) is 0 Å². The van der Waals surface area contributed by atoms with Gasteiger partial charge in [-0.05, 0) is 55.3 Å². The van der Waals surface area contributed by atoms with Gasteiger partial charge in [0.1, 0.15) is 11.3 Å². The first-order valence-electron chi connectivity index (χ1n) is 10.0. The van der Waals surface area contributed by atoms with Gasteiger partial charge >= 0.3 is 6.01 Å². The zero-order valence-electron chi connectivity index (χ0n) is 17.2. The van der Waals surface area contributed by atoms with Crippen LogP contribution in [-0.4, -0.2) is 51.3 Å². The molecule has 0 aliphatic carbocycles. The van der Waals surface area contributed by atoms with Crippen molar-refractivity contribution in [3.8, 4) is 11.8 Å². The number of carbonyl (C=O) groups excluding carboxylic acids is 1. The number of rotatable bonds is 6. The fourth-order valence-corrected chi connectivity index (χ4v) is 4.08. The van der Waals surface area contributed by atoms with Gasteiger partial charge in [-0.25, -0.2) is 9.97 Å². The van der Waals surface area contributed by atoms with Crippen LogP contribution in [0.25, 0.3) is 0 Å². The molecule has 0 saturated carbocycles. The second-order valence-corrected chi connectivity index (χ2v) is 7.58. The molecule has 2 aromatic heterocycles. The molecular weight excluding hydrogens is 378 g/mol. The molecular formula is C23H25N5O2. The van der Waals surface area contributed by atoms with Gasteiger partial charge in [0.2, 0.25) is 5.91 Å². The molecule has 1 unspecified atom stereocenters. The first-order valence-corrected chi connectivity index (χ1v) is 10.0. The van der Waals surface area contributed by atoms with Crippen molar-refractivity contribution < 1.29 is 9.53 Å². The van der Waals surface area contributed by atoms with E-state index in [4.69, 9.17) is 4.74 Å². The lowest BCUT2D eigenvalue weighted by molar-refractivity contribution is -0.141. The molecule has 3 aromatic rings. The van der Waals surface area contributed by atoms with E-state index in [0.717, 1.165) is 30.6 Å². The van der Waals surface area contributed by atoms with Crippen molar-refractivity contribution in [2.75, 3.05) is 20.6 Å². The second-order valence-electron chi connectivity index (χ2n) is 7.58. The predicted molar refractivity (Wildman–Crippen MR) is 113 cm³/mol. The topological polar surface area (TPSA) is 71.5 Å². The summed E-state index contributed by atoms with van der Waals surface area (Å²) in [7, 11) is 3.61. The van der Waals surface area contributed by atoms with E-state index in [1.165, 1.54) is 0 Å². The molecule has 154 valence electrons. The minimum atomic E-state index is -0.760. The van der Waals surface area contributed by atoms with Crippen LogP contribution in [0.1, 0.15) is 24.1 Å². The first kappa shape index (κ1) is 20.0. The number of hydrogen-bond acceptors (Lipinski definition) is 6. The average Bonchev–Trinajstić information content (AvgIpc) is 3.19. The number of pyridine rings is 1. The lowest BCUT2D eigenvalue weighted by Crippen LogP contribution is -2.52. The normalized spacial score (nSPS) is 18.9. The summed E-state index contributed by atoms with van der Waals surface area (Å²) in [5, 5.41) is 0. The van der Waals surface area contributed by atoms with E-state index in [9.17, 15) is 4.79 Å². The fourth-order valence-electron chi connectivity index (χ4n) is 4.08. The van der Waals surface area contributed by atoms with Gasteiger partial charge in [0.25, 0.3) is 0 Å². The third-order valence-electron chi connectivity index (χ3n) is 5.38. The Bertz CT molecular complexity index is 997. The summed E-state index contributed by atoms with van der Waals surface area (Å²) in [5.41, 5.74) is 1.09. The summed E-state index contributed by atoms with van der Waals surface area (Å²) in [5.74, 6) is 0.726. The van der Waals surface area contributed by atoms with Crippen LogP contribution in [0.3, 0.4) is 0 Å². The molecule has 0 N–H and O–H groups in total. The highest BCUT2D eigenvalue weighted by atomic mass is 16.5. The van der Waals surface area contributed by atoms with E-state index in [2.05, 4.69) is 19.9 Å². The minimum Gasteiger partial charge on any atom is -0.424 e. The van der Waals surface area contributed by atoms with Crippen LogP contribution in [0, 0.1) is 0 Å². The molecule has 7 nitrogen and oxygen atoms in total. The lowest BCUT2D eigenvalue weighted by atomic mass is 9.89. The molecule has 1 amide bonds. The number of aromatic nitrogens is 3. The molecule has 1 aromatic carbocycles. The van der Waals surface area contributed by atoms with E-state index < -0.39 is 5.54 Å². The van der Waals surface area contributed by atoms with Gasteiger partial charge in [0.05, 0.1) is 5.69 Å². The third-order valence-corrected chi connectivity index (χ3v) is 5.38. The smallest absolute Gasteiger partial charge is 0.321 e. The molecule has 1 aliphatic rings. The van der Waals surface area contributed by atoms with Gasteiger partial charge < -0.3 is 9.64 Å². The Hall–Kier alpha value is -3.32. The van der Waals surface area contributed by atoms with E-state index in [0.29, 0.717) is 18.3 Å². The van der Waals surface area contributed by atoms with Crippen molar-refractivity contribution in [1.82, 2.24) is 24.8 Å². The number of carbonyl (C=O) groups is 1. The minimum absolute atomic E-state index is 0.0591. The standard InChI is InChI=1S/C23H25N5O2/c1-27(2)21(29)23(20-10-3-4-12-24-20)11-6-15-28(23)17-18-8-5-9-19(16-18)30-22-25-13-7-14-26-22/h3-5,7-10,12-14,16H,6,11,15,17H2,1-2H3. The van der Waals surface area contributed by atoms with E-state index in [-0.39, 0.29) is 5.91 Å². The number of likely N-dealkylation sites (N-methyl/N-ethyl adjacent to an activating group) is 1. The van der Waals surface area contributed by atoms with Gasteiger partial charge in [-0.15, -0.1) is 0 Å². The highest BCUT2D eigenvalue weighted by molar-refractivity contribution is 5.87. The molecule has 7 heteroatoms. The average molecular weight is 403 g/mol. The first-order chi connectivity index (χ1) is 14.6. The van der Waals surface area contributed by atoms with E-state index >= 15 is 0 Å². The monoisotopic (exact) mass is 403 g/mol. The van der Waals surface area contributed by atoms with Crippen LogP contribution >= 0.6 is 0 Å². The zero-order valence-corrected chi connectivity index (χ0v) is 17.2. The third kappa shape index (κ3) is 3.89. The molecule has 1 saturated heterocycles. The predicted octanol–water partition coefficient (Wildman–Crippen LogP) is 3.24. The quantitative estimate of drug-likeness (QED) is 0.629. The van der Waals surface area contributed by atoms with Gasteiger partial charge in [0, 0.05) is 39.2 Å². The van der Waals surface area contributed by atoms with Crippen molar-refractivity contribution in [2.45, 2.75) is 24.9 Å². The van der Waals surface area contributed by atoms with Crippen molar-refractivity contribution in [2.24, 2.45) is 0 Å². The van der Waals surface area contributed by atoms with E-state index in [1.807, 2.05) is 42.5 Å². The van der Waals surface area contributed by atoms with Crippen LogP contribution < -0.4 is 4.74 Å². The summed E-state index contributed by atoms with van der Waals surface area (Å²) in [6.45, 7) is 1.44. The van der Waals surface area contributed by atoms with Gasteiger partial charge in [0.15, 0.2) is 0 Å². The largest absolute Gasteiger partial charge is 0.424 e. The van der Waals surface area contributed by atoms with Crippen molar-refractivity contribution >= 4 is 5.91 Å². The van der Waals surface area contributed by atoms with Crippen molar-refractivity contribution in [3.05, 3.63) is 78.4 Å². The highest BCUT2D eigenvalue weighted by Crippen LogP contribution is 2.40. The maximum atomic E-state index is 13.4. The van der Waals surface area contributed by atoms with Crippen LogP contribution in [0.4, 0.5) is 0 Å². The summed E-state index contributed by atoms with van der Waals surface area (Å²) in [6, 6.07) is 15.7. The summed E-state index contributed by atoms with van der Waals surface area (Å²) in [4.78, 5) is 30.1. The Morgan fingerprint density at radius 2 is 1.87 bits per heavy atom. The molecule has 4 rings (SSSR count). The molecule has 30 heavy (non-hydrogen) atoms. The Labute approximate surface area is 176 Å². The number of ether oxygens (including phenoxy) is 1. The van der Waals surface area contributed by atoms with Crippen molar-refractivity contribution in [3.63, 3.8) is 0 Å². The summed E-state index contributed by atoms with van der Waals surface area (Å²) in [6.07, 6.45) is 6.72. The van der Waals surface area contributed by atoms with Crippen LogP contribution in [-0.2, 0) is 16.9 Å². The number of hydrogen-bond donors (Lipinski definition) is 0. The van der Waals surface area contributed by atoms with Gasteiger partial charge in [-0.3, -0.25) is 14.7 Å². The summed E-state index contributed by atoms with van der Waals surface area (Å²) >= 11 is 0. The molecule has 1 fully saturated rings. The Balaban J connectivity index is 1.63. The number of benzene rings is 1. The summed E-state index contributed by atoms with van der Waals surface area (Å²) < 4.78 is 5.78. The van der Waals surface area contributed by atoms with Gasteiger partial charge in [-0.1, -0.05) is 18.2 Å². The molecule has 1 aliphatic heterocycles. The lowest BCUT2D eigenvalue weighted by Gasteiger charge is -2.38.